The van der Waals surface area contributed by atoms with Crippen LogP contribution in [0.25, 0.3) is 11.0 Å². The first kappa shape index (κ1) is 19.6. The van der Waals surface area contributed by atoms with E-state index in [9.17, 15) is 33.3 Å². The Kier molecular flexibility index (Phi) is 5.14. The van der Waals surface area contributed by atoms with Gasteiger partial charge in [0, 0.05) is 11.5 Å². The molecule has 1 aromatic carbocycles. The molecule has 148 valence electrons. The van der Waals surface area contributed by atoms with Gasteiger partial charge >= 0.3 is 11.8 Å². The van der Waals surface area contributed by atoms with Gasteiger partial charge in [0.1, 0.15) is 41.3 Å². The molecule has 1 fully saturated rings. The summed E-state index contributed by atoms with van der Waals surface area (Å²) in [4.78, 5) is 11.5. The number of ether oxygens (including phenoxy) is 2. The molecule has 4 N–H and O–H groups in total. The highest BCUT2D eigenvalue weighted by atomic mass is 19.4. The predicted molar refractivity (Wildman–Crippen MR) is 81.9 cm³/mol. The lowest BCUT2D eigenvalue weighted by atomic mass is 9.99. The van der Waals surface area contributed by atoms with Gasteiger partial charge in [-0.1, -0.05) is 0 Å². The molecule has 0 bridgehead atoms. The largest absolute Gasteiger partial charge is 0.462 e. The molecule has 3 rings (SSSR count). The number of hydrogen-bond donors (Lipinski definition) is 4. The Balaban J connectivity index is 1.88. The van der Waals surface area contributed by atoms with Crippen LogP contribution in [0.5, 0.6) is 5.75 Å². The van der Waals surface area contributed by atoms with E-state index >= 15 is 0 Å². The predicted octanol–water partition coefficient (Wildman–Crippen LogP) is -0.00950. The van der Waals surface area contributed by atoms with Crippen molar-refractivity contribution in [3.05, 3.63) is 40.2 Å². The van der Waals surface area contributed by atoms with Crippen LogP contribution >= 0.6 is 0 Å². The maximum atomic E-state index is 12.8. The molecule has 0 amide bonds. The van der Waals surface area contributed by atoms with E-state index in [1.54, 1.807) is 0 Å². The average Bonchev–Trinajstić information content (AvgIpc) is 2.60. The van der Waals surface area contributed by atoms with Crippen LogP contribution in [0.2, 0.25) is 0 Å². The molecule has 0 aliphatic carbocycles. The van der Waals surface area contributed by atoms with Gasteiger partial charge < -0.3 is 34.3 Å². The molecular weight excluding hydrogens is 377 g/mol. The molecule has 27 heavy (non-hydrogen) atoms. The third-order valence-electron chi connectivity index (χ3n) is 4.11. The highest BCUT2D eigenvalue weighted by Crippen LogP contribution is 2.31. The number of hydrogen-bond acceptors (Lipinski definition) is 8. The van der Waals surface area contributed by atoms with Crippen LogP contribution in [0.15, 0.2) is 33.5 Å². The third-order valence-corrected chi connectivity index (χ3v) is 4.11. The fourth-order valence-electron chi connectivity index (χ4n) is 2.66. The quantitative estimate of drug-likeness (QED) is 0.537. The van der Waals surface area contributed by atoms with Gasteiger partial charge in [0.15, 0.2) is 0 Å². The summed E-state index contributed by atoms with van der Waals surface area (Å²) in [5.74, 6) is -0.0465. The second kappa shape index (κ2) is 7.09. The lowest BCUT2D eigenvalue weighted by Crippen LogP contribution is -2.60. The van der Waals surface area contributed by atoms with Crippen LogP contribution in [0, 0.1) is 0 Å². The summed E-state index contributed by atoms with van der Waals surface area (Å²) >= 11 is 0. The second-order valence-electron chi connectivity index (χ2n) is 5.96. The van der Waals surface area contributed by atoms with E-state index in [4.69, 9.17) is 14.6 Å². The van der Waals surface area contributed by atoms with Gasteiger partial charge in [0.2, 0.25) is 6.29 Å². The topological polar surface area (TPSA) is 130 Å². The van der Waals surface area contributed by atoms with Gasteiger partial charge in [-0.15, -0.1) is 0 Å². The molecule has 2 aromatic rings. The van der Waals surface area contributed by atoms with Crippen molar-refractivity contribution < 1.29 is 47.5 Å². The average molecular weight is 392 g/mol. The molecule has 1 saturated heterocycles. The first-order valence-corrected chi connectivity index (χ1v) is 7.74. The van der Waals surface area contributed by atoms with Crippen molar-refractivity contribution in [3.8, 4) is 5.75 Å². The van der Waals surface area contributed by atoms with E-state index in [2.05, 4.69) is 4.42 Å². The van der Waals surface area contributed by atoms with Crippen molar-refractivity contribution in [2.45, 2.75) is 36.9 Å². The van der Waals surface area contributed by atoms with E-state index in [1.165, 1.54) is 12.1 Å². The molecule has 0 unspecified atom stereocenters. The lowest BCUT2D eigenvalue weighted by Gasteiger charge is -2.39. The summed E-state index contributed by atoms with van der Waals surface area (Å²) in [6.07, 6.45) is -12.4. The van der Waals surface area contributed by atoms with E-state index < -0.39 is 54.7 Å². The first-order chi connectivity index (χ1) is 12.6. The van der Waals surface area contributed by atoms with Crippen LogP contribution in [0.1, 0.15) is 5.56 Å². The van der Waals surface area contributed by atoms with Gasteiger partial charge in [0.25, 0.3) is 0 Å². The standard InChI is InChI=1S/C16H15F3O8/c17-16(18,19)8-3-6-1-2-7(4-9(6)26-14(8)24)25-15-13(23)12(22)11(21)10(5-20)27-15/h1-4,10-13,15,20-23H,5H2/t10-,11+,12+,13-,15-/m1/s1. The highest BCUT2D eigenvalue weighted by Gasteiger charge is 2.44. The summed E-state index contributed by atoms with van der Waals surface area (Å²) in [5, 5.41) is 38.5. The molecule has 2 heterocycles. The van der Waals surface area contributed by atoms with Crippen LogP contribution in [-0.4, -0.2) is 57.7 Å². The number of benzene rings is 1. The number of rotatable bonds is 3. The van der Waals surface area contributed by atoms with Crippen molar-refractivity contribution in [1.82, 2.24) is 0 Å². The number of aliphatic hydroxyl groups excluding tert-OH is 4. The molecule has 0 saturated carbocycles. The van der Waals surface area contributed by atoms with Crippen molar-refractivity contribution >= 4 is 11.0 Å². The zero-order chi connectivity index (χ0) is 19.9. The van der Waals surface area contributed by atoms with Crippen molar-refractivity contribution in [2.75, 3.05) is 6.61 Å². The van der Waals surface area contributed by atoms with Crippen molar-refractivity contribution in [1.29, 1.82) is 0 Å². The normalized spacial score (nSPS) is 29.1. The van der Waals surface area contributed by atoms with E-state index in [-0.39, 0.29) is 16.7 Å². The molecule has 1 aliphatic heterocycles. The van der Waals surface area contributed by atoms with Gasteiger partial charge in [-0.2, -0.15) is 13.2 Å². The van der Waals surface area contributed by atoms with E-state index in [1.807, 2.05) is 0 Å². The molecule has 0 radical (unpaired) electrons. The molecule has 0 spiro atoms. The van der Waals surface area contributed by atoms with Crippen LogP contribution in [-0.2, 0) is 10.9 Å². The second-order valence-corrected chi connectivity index (χ2v) is 5.96. The maximum absolute atomic E-state index is 12.8. The lowest BCUT2D eigenvalue weighted by molar-refractivity contribution is -0.277. The molecule has 1 aromatic heterocycles. The molecule has 11 heteroatoms. The zero-order valence-electron chi connectivity index (χ0n) is 13.5. The Morgan fingerprint density at radius 2 is 1.78 bits per heavy atom. The Bertz CT molecular complexity index is 878. The summed E-state index contributed by atoms with van der Waals surface area (Å²) in [6, 6.07) is 4.19. The summed E-state index contributed by atoms with van der Waals surface area (Å²) in [6.45, 7) is -0.655. The number of fused-ring (bicyclic) bond motifs is 1. The summed E-state index contributed by atoms with van der Waals surface area (Å²) < 4.78 is 53.4. The smallest absolute Gasteiger partial charge is 0.423 e. The SMILES string of the molecule is O=c1oc2cc(O[C@@H]3O[C@H](CO)[C@H](O)[C@H](O)[C@H]3O)ccc2cc1C(F)(F)F. The van der Waals surface area contributed by atoms with Gasteiger partial charge in [-0.05, 0) is 18.2 Å². The van der Waals surface area contributed by atoms with Crippen LogP contribution < -0.4 is 10.4 Å². The Morgan fingerprint density at radius 3 is 2.41 bits per heavy atom. The maximum Gasteiger partial charge on any atom is 0.423 e. The highest BCUT2D eigenvalue weighted by molar-refractivity contribution is 5.78. The van der Waals surface area contributed by atoms with E-state index in [0.717, 1.165) is 6.07 Å². The molecule has 1 aliphatic rings. The molecule has 5 atom stereocenters. The minimum absolute atomic E-state index is 0.0110. The van der Waals surface area contributed by atoms with Gasteiger partial charge in [-0.25, -0.2) is 4.79 Å². The summed E-state index contributed by atoms with van der Waals surface area (Å²) in [5.41, 5.74) is -3.22. The number of halogens is 3. The Labute approximate surface area is 149 Å². The number of aliphatic hydroxyl groups is 4. The molecule has 8 nitrogen and oxygen atoms in total. The third kappa shape index (κ3) is 3.77. The van der Waals surface area contributed by atoms with Gasteiger partial charge in [-0.3, -0.25) is 0 Å². The first-order valence-electron chi connectivity index (χ1n) is 7.74. The Morgan fingerprint density at radius 1 is 1.07 bits per heavy atom. The monoisotopic (exact) mass is 392 g/mol. The van der Waals surface area contributed by atoms with Crippen LogP contribution in [0.4, 0.5) is 13.2 Å². The van der Waals surface area contributed by atoms with Crippen LogP contribution in [0.3, 0.4) is 0 Å². The van der Waals surface area contributed by atoms with E-state index in [0.29, 0.717) is 6.07 Å². The zero-order valence-corrected chi connectivity index (χ0v) is 13.5. The molecular formula is C16H15F3O8. The number of alkyl halides is 3. The fourth-order valence-corrected chi connectivity index (χ4v) is 2.66. The van der Waals surface area contributed by atoms with Crippen molar-refractivity contribution in [3.63, 3.8) is 0 Å². The minimum atomic E-state index is -4.86. The Hall–Kier alpha value is -2.18. The summed E-state index contributed by atoms with van der Waals surface area (Å²) in [7, 11) is 0. The van der Waals surface area contributed by atoms with Gasteiger partial charge in [0.05, 0.1) is 6.61 Å². The fraction of sp³-hybridized carbons (Fsp3) is 0.438. The minimum Gasteiger partial charge on any atom is -0.462 e. The van der Waals surface area contributed by atoms with Crippen molar-refractivity contribution in [2.24, 2.45) is 0 Å².